The Hall–Kier alpha value is -3.43. The van der Waals surface area contributed by atoms with Gasteiger partial charge in [0, 0.05) is 48.6 Å². The zero-order valence-electron chi connectivity index (χ0n) is 18.0. The molecule has 1 aliphatic heterocycles. The minimum absolute atomic E-state index is 0.0817. The van der Waals surface area contributed by atoms with Crippen LogP contribution in [-0.2, 0) is 5.75 Å². The molecule has 162 valence electrons. The SMILES string of the molecule is COc1cccc(N2CCN(C(=O)c3ccccc3SCc3ccc(C#N)cc3)CC2)c1. The Bertz CT molecular complexity index is 1120. The molecule has 0 atom stereocenters. The van der Waals surface area contributed by atoms with Gasteiger partial charge in [0.25, 0.3) is 5.91 Å². The van der Waals surface area contributed by atoms with Crippen LogP contribution in [0.3, 0.4) is 0 Å². The van der Waals surface area contributed by atoms with Crippen molar-refractivity contribution in [3.63, 3.8) is 0 Å². The Morgan fingerprint density at radius 2 is 1.75 bits per heavy atom. The molecule has 0 aromatic heterocycles. The first-order valence-corrected chi connectivity index (χ1v) is 11.6. The summed E-state index contributed by atoms with van der Waals surface area (Å²) in [6.45, 7) is 2.95. The van der Waals surface area contributed by atoms with Crippen LogP contribution in [0.15, 0.2) is 77.7 Å². The van der Waals surface area contributed by atoms with Crippen molar-refractivity contribution >= 4 is 23.4 Å². The third-order valence-corrected chi connectivity index (χ3v) is 6.72. The lowest BCUT2D eigenvalue weighted by Gasteiger charge is -2.36. The van der Waals surface area contributed by atoms with E-state index in [2.05, 4.69) is 17.0 Å². The topological polar surface area (TPSA) is 56.6 Å². The third kappa shape index (κ3) is 5.06. The van der Waals surface area contributed by atoms with E-state index >= 15 is 0 Å². The van der Waals surface area contributed by atoms with Crippen molar-refractivity contribution in [1.29, 1.82) is 5.26 Å². The lowest BCUT2D eigenvalue weighted by Crippen LogP contribution is -2.48. The molecule has 1 fully saturated rings. The van der Waals surface area contributed by atoms with Gasteiger partial charge in [-0.25, -0.2) is 0 Å². The van der Waals surface area contributed by atoms with Gasteiger partial charge in [0.2, 0.25) is 0 Å². The number of rotatable bonds is 6. The number of methoxy groups -OCH3 is 1. The van der Waals surface area contributed by atoms with Gasteiger partial charge >= 0.3 is 0 Å². The molecule has 0 saturated carbocycles. The molecule has 6 heteroatoms. The van der Waals surface area contributed by atoms with Crippen LogP contribution in [-0.4, -0.2) is 44.1 Å². The Kier molecular flexibility index (Phi) is 6.98. The summed E-state index contributed by atoms with van der Waals surface area (Å²) in [4.78, 5) is 18.5. The van der Waals surface area contributed by atoms with E-state index in [-0.39, 0.29) is 5.91 Å². The third-order valence-electron chi connectivity index (χ3n) is 5.58. The lowest BCUT2D eigenvalue weighted by molar-refractivity contribution is 0.0743. The molecule has 1 heterocycles. The number of thioether (sulfide) groups is 1. The summed E-state index contributed by atoms with van der Waals surface area (Å²) >= 11 is 1.65. The van der Waals surface area contributed by atoms with Crippen LogP contribution < -0.4 is 9.64 Å². The zero-order valence-corrected chi connectivity index (χ0v) is 18.8. The second-order valence-electron chi connectivity index (χ2n) is 7.57. The Morgan fingerprint density at radius 1 is 1.00 bits per heavy atom. The molecule has 1 aliphatic rings. The van der Waals surface area contributed by atoms with Crippen molar-refractivity contribution in [1.82, 2.24) is 4.90 Å². The van der Waals surface area contributed by atoms with Gasteiger partial charge in [0.15, 0.2) is 0 Å². The molecular formula is C26H25N3O2S. The number of hydrogen-bond donors (Lipinski definition) is 0. The van der Waals surface area contributed by atoms with Crippen molar-refractivity contribution in [3.05, 3.63) is 89.5 Å². The Balaban J connectivity index is 1.40. The molecule has 0 radical (unpaired) electrons. The van der Waals surface area contributed by atoms with Gasteiger partial charge < -0.3 is 14.5 Å². The summed E-state index contributed by atoms with van der Waals surface area (Å²) in [5, 5.41) is 8.96. The average Bonchev–Trinajstić information content (AvgIpc) is 2.87. The van der Waals surface area contributed by atoms with Gasteiger partial charge in [-0.05, 0) is 42.0 Å². The summed E-state index contributed by atoms with van der Waals surface area (Å²) in [6.07, 6.45) is 0. The number of carbonyl (C=O) groups is 1. The van der Waals surface area contributed by atoms with Gasteiger partial charge in [-0.3, -0.25) is 4.79 Å². The van der Waals surface area contributed by atoms with Gasteiger partial charge in [-0.15, -0.1) is 11.8 Å². The van der Waals surface area contributed by atoms with E-state index in [4.69, 9.17) is 10.00 Å². The Morgan fingerprint density at radius 3 is 2.47 bits per heavy atom. The molecule has 0 unspecified atom stereocenters. The van der Waals surface area contributed by atoms with E-state index in [1.807, 2.05) is 71.6 Å². The zero-order chi connectivity index (χ0) is 22.3. The molecule has 3 aromatic rings. The van der Waals surface area contributed by atoms with Crippen LogP contribution in [0.5, 0.6) is 5.75 Å². The first-order valence-electron chi connectivity index (χ1n) is 10.6. The van der Waals surface area contributed by atoms with Gasteiger partial charge in [-0.2, -0.15) is 5.26 Å². The molecule has 0 bridgehead atoms. The van der Waals surface area contributed by atoms with Gasteiger partial charge in [0.1, 0.15) is 5.75 Å². The number of nitriles is 1. The van der Waals surface area contributed by atoms with Crippen LogP contribution >= 0.6 is 11.8 Å². The molecule has 1 saturated heterocycles. The first kappa shape index (κ1) is 21.8. The van der Waals surface area contributed by atoms with Crippen LogP contribution in [0.1, 0.15) is 21.5 Å². The number of nitrogens with zero attached hydrogens (tertiary/aromatic N) is 3. The van der Waals surface area contributed by atoms with E-state index < -0.39 is 0 Å². The standard InChI is InChI=1S/C26H25N3O2S/c1-31-23-6-4-5-22(17-23)28-13-15-29(16-14-28)26(30)24-7-2-3-8-25(24)32-19-21-11-9-20(18-27)10-12-21/h2-12,17H,13-16,19H2,1H3. The summed E-state index contributed by atoms with van der Waals surface area (Å²) in [6, 6.07) is 25.6. The number of ether oxygens (including phenoxy) is 1. The fraction of sp³-hybridized carbons (Fsp3) is 0.231. The molecule has 0 aliphatic carbocycles. The van der Waals surface area contributed by atoms with E-state index in [1.54, 1.807) is 18.9 Å². The molecule has 3 aromatic carbocycles. The second kappa shape index (κ2) is 10.3. The number of carbonyl (C=O) groups excluding carboxylic acids is 1. The highest BCUT2D eigenvalue weighted by Gasteiger charge is 2.24. The fourth-order valence-electron chi connectivity index (χ4n) is 3.75. The van der Waals surface area contributed by atoms with E-state index in [0.29, 0.717) is 18.7 Å². The van der Waals surface area contributed by atoms with E-state index in [1.165, 1.54) is 0 Å². The minimum atomic E-state index is 0.0817. The van der Waals surface area contributed by atoms with Crippen LogP contribution in [0.4, 0.5) is 5.69 Å². The van der Waals surface area contributed by atoms with Gasteiger partial charge in [0.05, 0.1) is 24.3 Å². The van der Waals surface area contributed by atoms with Gasteiger partial charge in [-0.1, -0.05) is 30.3 Å². The smallest absolute Gasteiger partial charge is 0.255 e. The summed E-state index contributed by atoms with van der Waals surface area (Å²) < 4.78 is 5.33. The molecule has 4 rings (SSSR count). The van der Waals surface area contributed by atoms with Crippen LogP contribution in [0.2, 0.25) is 0 Å². The number of amides is 1. The van der Waals surface area contributed by atoms with E-state index in [9.17, 15) is 4.79 Å². The number of hydrogen-bond acceptors (Lipinski definition) is 5. The summed E-state index contributed by atoms with van der Waals surface area (Å²) in [5.74, 6) is 1.67. The maximum Gasteiger partial charge on any atom is 0.255 e. The van der Waals surface area contributed by atoms with Crippen molar-refractivity contribution in [2.45, 2.75) is 10.6 Å². The molecule has 32 heavy (non-hydrogen) atoms. The van der Waals surface area contributed by atoms with Crippen molar-refractivity contribution in [2.24, 2.45) is 0 Å². The number of piperazine rings is 1. The second-order valence-corrected chi connectivity index (χ2v) is 8.59. The molecule has 5 nitrogen and oxygen atoms in total. The van der Waals surface area contributed by atoms with Crippen molar-refractivity contribution < 1.29 is 9.53 Å². The molecular weight excluding hydrogens is 418 g/mol. The maximum atomic E-state index is 13.3. The number of benzene rings is 3. The number of anilines is 1. The monoisotopic (exact) mass is 443 g/mol. The molecule has 0 spiro atoms. The predicted octanol–water partition coefficient (Wildman–Crippen LogP) is 4.82. The highest BCUT2D eigenvalue weighted by atomic mass is 32.2. The minimum Gasteiger partial charge on any atom is -0.497 e. The van der Waals surface area contributed by atoms with Crippen molar-refractivity contribution in [3.8, 4) is 11.8 Å². The normalized spacial score (nSPS) is 13.5. The van der Waals surface area contributed by atoms with Crippen LogP contribution in [0.25, 0.3) is 0 Å². The predicted molar refractivity (Wildman–Crippen MR) is 128 cm³/mol. The highest BCUT2D eigenvalue weighted by molar-refractivity contribution is 7.98. The lowest BCUT2D eigenvalue weighted by atomic mass is 10.1. The molecule has 1 amide bonds. The van der Waals surface area contributed by atoms with Crippen LogP contribution in [0, 0.1) is 11.3 Å². The Labute approximate surface area is 193 Å². The van der Waals surface area contributed by atoms with Crippen molar-refractivity contribution in [2.75, 3.05) is 38.2 Å². The summed E-state index contributed by atoms with van der Waals surface area (Å²) in [7, 11) is 1.67. The highest BCUT2D eigenvalue weighted by Crippen LogP contribution is 2.28. The summed E-state index contributed by atoms with van der Waals surface area (Å²) in [5.41, 5.74) is 3.65. The average molecular weight is 444 g/mol. The fourth-order valence-corrected chi connectivity index (χ4v) is 4.75. The molecule has 0 N–H and O–H groups in total. The maximum absolute atomic E-state index is 13.3. The first-order chi connectivity index (χ1) is 15.7. The van der Waals surface area contributed by atoms with E-state index in [0.717, 1.165) is 46.3 Å². The largest absolute Gasteiger partial charge is 0.497 e. The quantitative estimate of drug-likeness (QED) is 0.511.